The highest BCUT2D eigenvalue weighted by Crippen LogP contribution is 1.93. The summed E-state index contributed by atoms with van der Waals surface area (Å²) in [6.45, 7) is 1.90. The molecule has 0 aliphatic heterocycles. The molecule has 68 valence electrons. The molecule has 3 heteroatoms. The lowest BCUT2D eigenvalue weighted by Gasteiger charge is -1.98. The normalized spacial score (nSPS) is 14.2. The minimum Gasteiger partial charge on any atom is -0.420 e. The minimum atomic E-state index is -0.298. The summed E-state index contributed by atoms with van der Waals surface area (Å²) in [7, 11) is 0. The van der Waals surface area contributed by atoms with Gasteiger partial charge < -0.3 is 4.42 Å². The molecular formula is C10H11NO2. The lowest BCUT2D eigenvalue weighted by molar-refractivity contribution is 0.451. The lowest BCUT2D eigenvalue weighted by atomic mass is 10.2. The van der Waals surface area contributed by atoms with E-state index in [9.17, 15) is 4.79 Å². The largest absolute Gasteiger partial charge is 0.420 e. The van der Waals surface area contributed by atoms with E-state index in [1.807, 2.05) is 19.1 Å². The summed E-state index contributed by atoms with van der Waals surface area (Å²) in [6, 6.07) is 0. The van der Waals surface area contributed by atoms with E-state index >= 15 is 0 Å². The summed E-state index contributed by atoms with van der Waals surface area (Å²) in [5.41, 5.74) is 0.853. The zero-order valence-corrected chi connectivity index (χ0v) is 7.54. The maximum absolute atomic E-state index is 11.3. The molecule has 1 aliphatic carbocycles. The van der Waals surface area contributed by atoms with Gasteiger partial charge in [-0.05, 0) is 25.3 Å². The van der Waals surface area contributed by atoms with E-state index < -0.39 is 0 Å². The maximum atomic E-state index is 11.3. The number of aryl methyl sites for hydroxylation is 1. The van der Waals surface area contributed by atoms with Crippen LogP contribution in [0.4, 0.5) is 0 Å². The quantitative estimate of drug-likeness (QED) is 0.604. The van der Waals surface area contributed by atoms with Crippen LogP contribution in [-0.2, 0) is 6.42 Å². The second kappa shape index (κ2) is 3.17. The molecule has 0 bridgehead atoms. The van der Waals surface area contributed by atoms with Gasteiger partial charge in [0.1, 0.15) is 11.0 Å². The highest BCUT2D eigenvalue weighted by atomic mass is 16.4. The maximum Gasteiger partial charge on any atom is 0.358 e. The van der Waals surface area contributed by atoms with E-state index in [2.05, 4.69) is 4.98 Å². The molecule has 13 heavy (non-hydrogen) atoms. The van der Waals surface area contributed by atoms with Gasteiger partial charge in [-0.15, -0.1) is 0 Å². The van der Waals surface area contributed by atoms with Crippen molar-refractivity contribution in [2.24, 2.45) is 0 Å². The Kier molecular flexibility index (Phi) is 2.00. The molecule has 0 atom stereocenters. The number of rotatable bonds is 1. The molecule has 2 rings (SSSR count). The Labute approximate surface area is 75.4 Å². The first-order chi connectivity index (χ1) is 6.31. The standard InChI is InChI=1S/C10H11NO2/c1-2-7-10(12)13-9-6-4-3-5-8(9)11-7/h5-6H,2-4H2,1H3. The van der Waals surface area contributed by atoms with Crippen LogP contribution in [-0.4, -0.2) is 4.98 Å². The molecule has 1 heterocycles. The summed E-state index contributed by atoms with van der Waals surface area (Å²) in [5.74, 6) is 0. The molecule has 0 saturated heterocycles. The minimum absolute atomic E-state index is 0.298. The number of aromatic nitrogens is 1. The summed E-state index contributed by atoms with van der Waals surface area (Å²) in [4.78, 5) is 15.5. The third-order valence-corrected chi connectivity index (χ3v) is 2.12. The highest BCUT2D eigenvalue weighted by Gasteiger charge is 2.03. The van der Waals surface area contributed by atoms with Crippen molar-refractivity contribution in [1.29, 1.82) is 0 Å². The van der Waals surface area contributed by atoms with Gasteiger partial charge >= 0.3 is 5.63 Å². The van der Waals surface area contributed by atoms with Crippen LogP contribution in [0, 0.1) is 0 Å². The molecular weight excluding hydrogens is 166 g/mol. The van der Waals surface area contributed by atoms with E-state index in [-0.39, 0.29) is 5.63 Å². The van der Waals surface area contributed by atoms with Crippen LogP contribution in [0.3, 0.4) is 0 Å². The van der Waals surface area contributed by atoms with E-state index in [4.69, 9.17) is 4.42 Å². The van der Waals surface area contributed by atoms with Gasteiger partial charge in [0, 0.05) is 0 Å². The van der Waals surface area contributed by atoms with Crippen LogP contribution >= 0.6 is 0 Å². The zero-order valence-electron chi connectivity index (χ0n) is 7.54. The summed E-state index contributed by atoms with van der Waals surface area (Å²) in [6.07, 6.45) is 6.48. The third-order valence-electron chi connectivity index (χ3n) is 2.12. The van der Waals surface area contributed by atoms with Crippen molar-refractivity contribution in [2.75, 3.05) is 0 Å². The first kappa shape index (κ1) is 8.23. The van der Waals surface area contributed by atoms with E-state index in [0.717, 1.165) is 18.2 Å². The first-order valence-corrected chi connectivity index (χ1v) is 4.51. The van der Waals surface area contributed by atoms with Crippen LogP contribution in [0.1, 0.15) is 25.5 Å². The number of hydrogen-bond donors (Lipinski definition) is 0. The first-order valence-electron chi connectivity index (χ1n) is 4.51. The van der Waals surface area contributed by atoms with Crippen LogP contribution < -0.4 is 16.4 Å². The number of hydrogen-bond acceptors (Lipinski definition) is 3. The van der Waals surface area contributed by atoms with Crippen molar-refractivity contribution >= 4 is 12.2 Å². The van der Waals surface area contributed by atoms with Crippen molar-refractivity contribution in [3.63, 3.8) is 0 Å². The molecule has 1 aromatic heterocycles. The smallest absolute Gasteiger partial charge is 0.358 e. The Bertz CT molecular complexity index is 485. The highest BCUT2D eigenvalue weighted by molar-refractivity contribution is 5.31. The Morgan fingerprint density at radius 1 is 1.46 bits per heavy atom. The second-order valence-corrected chi connectivity index (χ2v) is 3.04. The zero-order chi connectivity index (χ0) is 9.26. The topological polar surface area (TPSA) is 43.1 Å². The predicted octanol–water partition coefficient (Wildman–Crippen LogP) is -0.0480. The SMILES string of the molecule is CCc1nc2c(oc1=O)=CCCC=2. The Hall–Kier alpha value is -1.38. The van der Waals surface area contributed by atoms with Crippen molar-refractivity contribution in [2.45, 2.75) is 26.2 Å². The molecule has 0 spiro atoms. The molecule has 0 unspecified atom stereocenters. The fourth-order valence-electron chi connectivity index (χ4n) is 1.41. The van der Waals surface area contributed by atoms with Crippen molar-refractivity contribution in [1.82, 2.24) is 4.98 Å². The van der Waals surface area contributed by atoms with Gasteiger partial charge in [-0.1, -0.05) is 13.0 Å². The molecule has 1 aromatic rings. The molecule has 0 saturated carbocycles. The molecule has 0 aromatic carbocycles. The van der Waals surface area contributed by atoms with Crippen LogP contribution in [0.15, 0.2) is 9.21 Å². The van der Waals surface area contributed by atoms with Gasteiger partial charge in [-0.3, -0.25) is 0 Å². The monoisotopic (exact) mass is 177 g/mol. The predicted molar refractivity (Wildman–Crippen MR) is 49.6 cm³/mol. The van der Waals surface area contributed by atoms with Gasteiger partial charge in [0.05, 0.1) is 0 Å². The summed E-state index contributed by atoms with van der Waals surface area (Å²) in [5, 5.41) is 0.822. The van der Waals surface area contributed by atoms with Crippen molar-refractivity contribution in [3.05, 3.63) is 26.9 Å². The molecule has 0 radical (unpaired) electrons. The van der Waals surface area contributed by atoms with E-state index in [1.165, 1.54) is 0 Å². The fourth-order valence-corrected chi connectivity index (χ4v) is 1.41. The fraction of sp³-hybridized carbons (Fsp3) is 0.400. The van der Waals surface area contributed by atoms with Gasteiger partial charge in [0.2, 0.25) is 0 Å². The Morgan fingerprint density at radius 3 is 3.00 bits per heavy atom. The number of fused-ring (bicyclic) bond motifs is 1. The number of nitrogens with zero attached hydrogens (tertiary/aromatic N) is 1. The third kappa shape index (κ3) is 1.41. The van der Waals surface area contributed by atoms with Crippen LogP contribution in [0.5, 0.6) is 0 Å². The van der Waals surface area contributed by atoms with Crippen LogP contribution in [0.25, 0.3) is 12.2 Å². The van der Waals surface area contributed by atoms with Crippen molar-refractivity contribution < 1.29 is 4.42 Å². The summed E-state index contributed by atoms with van der Waals surface area (Å²) >= 11 is 0. The molecule has 3 nitrogen and oxygen atoms in total. The summed E-state index contributed by atoms with van der Waals surface area (Å²) < 4.78 is 5.12. The average molecular weight is 177 g/mol. The Balaban J connectivity index is 2.80. The van der Waals surface area contributed by atoms with Gasteiger partial charge in [0.15, 0.2) is 5.42 Å². The molecule has 0 N–H and O–H groups in total. The molecule has 0 fully saturated rings. The van der Waals surface area contributed by atoms with E-state index in [1.54, 1.807) is 0 Å². The van der Waals surface area contributed by atoms with Gasteiger partial charge in [0.25, 0.3) is 0 Å². The van der Waals surface area contributed by atoms with Crippen molar-refractivity contribution in [3.8, 4) is 0 Å². The molecule has 0 amide bonds. The van der Waals surface area contributed by atoms with Gasteiger partial charge in [-0.25, -0.2) is 9.78 Å². The second-order valence-electron chi connectivity index (χ2n) is 3.04. The average Bonchev–Trinajstić information content (AvgIpc) is 2.17. The lowest BCUT2D eigenvalue weighted by Crippen LogP contribution is -2.36. The Morgan fingerprint density at radius 2 is 2.23 bits per heavy atom. The van der Waals surface area contributed by atoms with Gasteiger partial charge in [-0.2, -0.15) is 0 Å². The van der Waals surface area contributed by atoms with E-state index in [0.29, 0.717) is 17.5 Å². The van der Waals surface area contributed by atoms with Crippen LogP contribution in [0.2, 0.25) is 0 Å². The molecule has 1 aliphatic rings.